The van der Waals surface area contributed by atoms with Crippen molar-refractivity contribution in [3.63, 3.8) is 0 Å². The highest BCUT2D eigenvalue weighted by atomic mass is 19.1. The van der Waals surface area contributed by atoms with Crippen LogP contribution in [0.4, 0.5) is 4.39 Å². The third-order valence-electron chi connectivity index (χ3n) is 1.35. The van der Waals surface area contributed by atoms with Crippen molar-refractivity contribution in [2.75, 3.05) is 6.61 Å². The van der Waals surface area contributed by atoms with Crippen LogP contribution in [-0.2, 0) is 0 Å². The lowest BCUT2D eigenvalue weighted by molar-refractivity contribution is 0.342. The van der Waals surface area contributed by atoms with Gasteiger partial charge in [-0.25, -0.2) is 4.39 Å². The normalized spacial score (nSPS) is 9.50. The molecule has 1 rings (SSSR count). The number of halogens is 1. The Morgan fingerprint density at radius 2 is 2.25 bits per heavy atom. The van der Waals surface area contributed by atoms with E-state index in [9.17, 15) is 4.39 Å². The summed E-state index contributed by atoms with van der Waals surface area (Å²) in [5, 5.41) is 0. The van der Waals surface area contributed by atoms with E-state index in [1.807, 2.05) is 0 Å². The van der Waals surface area contributed by atoms with Crippen molar-refractivity contribution in [3.8, 4) is 5.75 Å². The Labute approximate surface area is 71.5 Å². The summed E-state index contributed by atoms with van der Waals surface area (Å²) in [4.78, 5) is 0. The summed E-state index contributed by atoms with van der Waals surface area (Å²) in [6, 6.07) is 4.48. The molecule has 1 aromatic carbocycles. The molecule has 1 radical (unpaired) electrons. The highest BCUT2D eigenvalue weighted by Gasteiger charge is 2.01. The lowest BCUT2D eigenvalue weighted by Gasteiger charge is -2.04. The predicted molar refractivity (Wildman–Crippen MR) is 46.6 cm³/mol. The van der Waals surface area contributed by atoms with Crippen molar-refractivity contribution in [3.05, 3.63) is 49.2 Å². The Morgan fingerprint density at radius 3 is 2.92 bits per heavy atom. The Balaban J connectivity index is 2.82. The molecule has 1 aromatic rings. The fourth-order valence-corrected chi connectivity index (χ4v) is 0.807. The van der Waals surface area contributed by atoms with Gasteiger partial charge in [0, 0.05) is 0 Å². The second-order valence-electron chi connectivity index (χ2n) is 2.36. The molecule has 0 aliphatic heterocycles. The Kier molecular flexibility index (Phi) is 2.86. The van der Waals surface area contributed by atoms with Gasteiger partial charge in [0.25, 0.3) is 0 Å². The summed E-state index contributed by atoms with van der Waals surface area (Å²) < 4.78 is 17.9. The minimum absolute atomic E-state index is 0.224. The van der Waals surface area contributed by atoms with E-state index in [1.54, 1.807) is 18.2 Å². The minimum atomic E-state index is -0.371. The van der Waals surface area contributed by atoms with Crippen LogP contribution in [0.25, 0.3) is 0 Å². The van der Waals surface area contributed by atoms with Crippen LogP contribution in [0.3, 0.4) is 0 Å². The first-order chi connectivity index (χ1) is 5.74. The molecule has 12 heavy (non-hydrogen) atoms. The third kappa shape index (κ3) is 2.09. The van der Waals surface area contributed by atoms with E-state index in [2.05, 4.69) is 13.5 Å². The molecule has 0 aliphatic rings. The first-order valence-corrected chi connectivity index (χ1v) is 3.59. The second-order valence-corrected chi connectivity index (χ2v) is 2.36. The maximum absolute atomic E-state index is 12.9. The molecule has 0 saturated carbocycles. The molecule has 0 atom stereocenters. The Hall–Kier alpha value is -1.31. The van der Waals surface area contributed by atoms with Gasteiger partial charge in [-0.2, -0.15) is 0 Å². The monoisotopic (exact) mass is 165 g/mol. The van der Waals surface area contributed by atoms with E-state index in [4.69, 9.17) is 4.74 Å². The van der Waals surface area contributed by atoms with Gasteiger partial charge in [0.1, 0.15) is 6.61 Å². The van der Waals surface area contributed by atoms with Gasteiger partial charge in [0.05, 0.1) is 0 Å². The number of hydrogen-bond donors (Lipinski definition) is 0. The van der Waals surface area contributed by atoms with E-state index in [0.29, 0.717) is 6.61 Å². The van der Waals surface area contributed by atoms with E-state index >= 15 is 0 Å². The molecule has 1 nitrogen and oxygen atoms in total. The SMILES string of the molecule is [CH2]c1ccc(F)c(OCC=C)c1. The van der Waals surface area contributed by atoms with Gasteiger partial charge in [0.15, 0.2) is 11.6 Å². The van der Waals surface area contributed by atoms with Gasteiger partial charge < -0.3 is 4.74 Å². The summed E-state index contributed by atoms with van der Waals surface area (Å²) in [6.45, 7) is 7.43. The lowest BCUT2D eigenvalue weighted by Crippen LogP contribution is -1.95. The quantitative estimate of drug-likeness (QED) is 0.625. The molecule has 0 bridgehead atoms. The maximum Gasteiger partial charge on any atom is 0.165 e. The van der Waals surface area contributed by atoms with Gasteiger partial charge >= 0.3 is 0 Å². The van der Waals surface area contributed by atoms with Gasteiger partial charge in [-0.1, -0.05) is 18.7 Å². The first-order valence-electron chi connectivity index (χ1n) is 3.59. The number of ether oxygens (including phenoxy) is 1. The predicted octanol–water partition coefficient (Wildman–Crippen LogP) is 2.57. The molecule has 63 valence electrons. The fourth-order valence-electron chi connectivity index (χ4n) is 0.807. The molecule has 0 fully saturated rings. The van der Waals surface area contributed by atoms with Gasteiger partial charge in [-0.3, -0.25) is 0 Å². The zero-order valence-corrected chi connectivity index (χ0v) is 6.72. The highest BCUT2D eigenvalue weighted by molar-refractivity contribution is 5.31. The molecular weight excluding hydrogens is 155 g/mol. The summed E-state index contributed by atoms with van der Waals surface area (Å²) in [5.41, 5.74) is 0.732. The number of hydrogen-bond acceptors (Lipinski definition) is 1. The van der Waals surface area contributed by atoms with Gasteiger partial charge in [-0.05, 0) is 24.6 Å². The van der Waals surface area contributed by atoms with Crippen LogP contribution < -0.4 is 4.74 Å². The second kappa shape index (κ2) is 3.90. The van der Waals surface area contributed by atoms with Crippen LogP contribution in [0.1, 0.15) is 5.56 Å². The van der Waals surface area contributed by atoms with E-state index in [-0.39, 0.29) is 11.6 Å². The maximum atomic E-state index is 12.9. The van der Waals surface area contributed by atoms with Crippen LogP contribution >= 0.6 is 0 Å². The minimum Gasteiger partial charge on any atom is -0.486 e. The van der Waals surface area contributed by atoms with E-state index < -0.39 is 0 Å². The average molecular weight is 165 g/mol. The van der Waals surface area contributed by atoms with Crippen LogP contribution in [0.2, 0.25) is 0 Å². The number of benzene rings is 1. The smallest absolute Gasteiger partial charge is 0.165 e. The van der Waals surface area contributed by atoms with Crippen LogP contribution in [-0.4, -0.2) is 6.61 Å². The van der Waals surface area contributed by atoms with Crippen molar-refractivity contribution in [1.82, 2.24) is 0 Å². The van der Waals surface area contributed by atoms with Crippen molar-refractivity contribution < 1.29 is 9.13 Å². The molecule has 0 unspecified atom stereocenters. The standard InChI is InChI=1S/C10H10FO/c1-3-6-12-10-7-8(2)4-5-9(10)11/h3-5,7H,1-2,6H2. The third-order valence-corrected chi connectivity index (χ3v) is 1.35. The zero-order valence-electron chi connectivity index (χ0n) is 6.72. The van der Waals surface area contributed by atoms with Crippen molar-refractivity contribution in [2.45, 2.75) is 0 Å². The van der Waals surface area contributed by atoms with E-state index in [0.717, 1.165) is 5.56 Å². The topological polar surface area (TPSA) is 9.23 Å². The fraction of sp³-hybridized carbons (Fsp3) is 0.100. The summed E-state index contributed by atoms with van der Waals surface area (Å²) in [6.07, 6.45) is 1.56. The van der Waals surface area contributed by atoms with Gasteiger partial charge in [-0.15, -0.1) is 0 Å². The Morgan fingerprint density at radius 1 is 1.50 bits per heavy atom. The molecular formula is C10H10FO. The van der Waals surface area contributed by atoms with Crippen LogP contribution in [0, 0.1) is 12.7 Å². The van der Waals surface area contributed by atoms with Crippen molar-refractivity contribution >= 4 is 0 Å². The summed E-state index contributed by atoms with van der Waals surface area (Å²) in [5.74, 6) is -0.147. The number of rotatable bonds is 3. The molecule has 0 aliphatic carbocycles. The molecule has 0 amide bonds. The summed E-state index contributed by atoms with van der Waals surface area (Å²) in [7, 11) is 0. The lowest BCUT2D eigenvalue weighted by atomic mass is 10.2. The molecule has 0 spiro atoms. The zero-order chi connectivity index (χ0) is 8.97. The van der Waals surface area contributed by atoms with E-state index in [1.165, 1.54) is 6.07 Å². The van der Waals surface area contributed by atoms with Gasteiger partial charge in [0.2, 0.25) is 0 Å². The van der Waals surface area contributed by atoms with Crippen molar-refractivity contribution in [1.29, 1.82) is 0 Å². The Bertz CT molecular complexity index is 281. The summed E-state index contributed by atoms with van der Waals surface area (Å²) >= 11 is 0. The molecule has 0 N–H and O–H groups in total. The molecule has 0 heterocycles. The largest absolute Gasteiger partial charge is 0.486 e. The molecule has 0 aromatic heterocycles. The highest BCUT2D eigenvalue weighted by Crippen LogP contribution is 2.17. The van der Waals surface area contributed by atoms with Crippen LogP contribution in [0.5, 0.6) is 5.75 Å². The first kappa shape index (κ1) is 8.78. The van der Waals surface area contributed by atoms with Crippen LogP contribution in [0.15, 0.2) is 30.9 Å². The molecule has 2 heteroatoms. The molecule has 0 saturated heterocycles. The van der Waals surface area contributed by atoms with Crippen molar-refractivity contribution in [2.24, 2.45) is 0 Å². The average Bonchev–Trinajstić information content (AvgIpc) is 2.07.